The van der Waals surface area contributed by atoms with E-state index in [0.717, 1.165) is 22.7 Å². The van der Waals surface area contributed by atoms with E-state index in [1.54, 1.807) is 6.20 Å². The Balaban J connectivity index is 2.31. The van der Waals surface area contributed by atoms with E-state index in [0.29, 0.717) is 5.69 Å². The van der Waals surface area contributed by atoms with Gasteiger partial charge in [-0.15, -0.1) is 10.2 Å². The van der Waals surface area contributed by atoms with Crippen molar-refractivity contribution in [1.82, 2.24) is 19.6 Å². The highest BCUT2D eigenvalue weighted by molar-refractivity contribution is 5.62. The first-order valence-electron chi connectivity index (χ1n) is 5.28. The predicted octanol–water partition coefficient (Wildman–Crippen LogP) is 1.68. The molecule has 0 amide bonds. The monoisotopic (exact) mass is 225 g/mol. The van der Waals surface area contributed by atoms with Crippen molar-refractivity contribution >= 4 is 11.3 Å². The Kier molecular flexibility index (Phi) is 2.04. The van der Waals surface area contributed by atoms with Crippen LogP contribution in [0.15, 0.2) is 36.7 Å². The molecule has 0 saturated carbocycles. The number of fused-ring (bicyclic) bond motifs is 1. The minimum absolute atomic E-state index is 0.681. The molecule has 0 bridgehead atoms. The van der Waals surface area contributed by atoms with Gasteiger partial charge < -0.3 is 5.73 Å². The van der Waals surface area contributed by atoms with Gasteiger partial charge in [0, 0.05) is 29.3 Å². The summed E-state index contributed by atoms with van der Waals surface area (Å²) in [5, 5.41) is 8.29. The Bertz CT molecular complexity index is 686. The highest BCUT2D eigenvalue weighted by Gasteiger charge is 2.10. The zero-order chi connectivity index (χ0) is 11.8. The quantitative estimate of drug-likeness (QED) is 0.684. The summed E-state index contributed by atoms with van der Waals surface area (Å²) < 4.78 is 1.87. The average molecular weight is 225 g/mol. The fourth-order valence-electron chi connectivity index (χ4n) is 1.81. The Labute approximate surface area is 97.9 Å². The second kappa shape index (κ2) is 3.55. The zero-order valence-electron chi connectivity index (χ0n) is 9.33. The molecule has 0 spiro atoms. The summed E-state index contributed by atoms with van der Waals surface area (Å²) in [7, 11) is 0. The molecule has 0 aliphatic carbocycles. The van der Waals surface area contributed by atoms with E-state index in [1.165, 1.54) is 0 Å². The van der Waals surface area contributed by atoms with Gasteiger partial charge >= 0.3 is 0 Å². The molecule has 0 aromatic carbocycles. The molecular formula is C12H11N5. The van der Waals surface area contributed by atoms with Crippen LogP contribution in [0.3, 0.4) is 0 Å². The van der Waals surface area contributed by atoms with E-state index in [-0.39, 0.29) is 0 Å². The van der Waals surface area contributed by atoms with Crippen LogP contribution in [0.4, 0.5) is 5.69 Å². The van der Waals surface area contributed by atoms with Crippen molar-refractivity contribution in [2.24, 2.45) is 0 Å². The molecule has 3 aromatic heterocycles. The van der Waals surface area contributed by atoms with E-state index in [1.807, 2.05) is 41.8 Å². The van der Waals surface area contributed by atoms with Crippen LogP contribution in [0.25, 0.3) is 17.0 Å². The molecular weight excluding hydrogens is 214 g/mol. The highest BCUT2D eigenvalue weighted by Crippen LogP contribution is 2.21. The molecule has 2 N–H and O–H groups in total. The Hall–Kier alpha value is -2.43. The lowest BCUT2D eigenvalue weighted by Crippen LogP contribution is -1.95. The van der Waals surface area contributed by atoms with Gasteiger partial charge in [-0.25, -0.2) is 0 Å². The summed E-state index contributed by atoms with van der Waals surface area (Å²) in [5.74, 6) is 0.762. The fourth-order valence-corrected chi connectivity index (χ4v) is 1.81. The molecule has 84 valence electrons. The van der Waals surface area contributed by atoms with E-state index < -0.39 is 0 Å². The highest BCUT2D eigenvalue weighted by atomic mass is 15.2. The lowest BCUT2D eigenvalue weighted by Gasteiger charge is -2.03. The van der Waals surface area contributed by atoms with Crippen molar-refractivity contribution in [3.05, 3.63) is 42.4 Å². The lowest BCUT2D eigenvalue weighted by molar-refractivity contribution is 1.09. The van der Waals surface area contributed by atoms with Crippen molar-refractivity contribution in [3.8, 4) is 11.4 Å². The van der Waals surface area contributed by atoms with Crippen molar-refractivity contribution in [3.63, 3.8) is 0 Å². The minimum Gasteiger partial charge on any atom is -0.398 e. The number of hydrogen-bond donors (Lipinski definition) is 1. The molecule has 3 aromatic rings. The lowest BCUT2D eigenvalue weighted by atomic mass is 10.2. The summed E-state index contributed by atoms with van der Waals surface area (Å²) in [4.78, 5) is 4.25. The molecule has 0 aliphatic heterocycles. The topological polar surface area (TPSA) is 69.1 Å². The molecule has 0 aliphatic rings. The van der Waals surface area contributed by atoms with E-state index in [4.69, 9.17) is 5.73 Å². The zero-order valence-corrected chi connectivity index (χ0v) is 9.33. The second-order valence-electron chi connectivity index (χ2n) is 3.85. The van der Waals surface area contributed by atoms with Crippen LogP contribution >= 0.6 is 0 Å². The van der Waals surface area contributed by atoms with Crippen LogP contribution in [0, 0.1) is 6.92 Å². The van der Waals surface area contributed by atoms with Crippen molar-refractivity contribution in [2.45, 2.75) is 6.92 Å². The number of anilines is 1. The molecule has 0 unspecified atom stereocenters. The van der Waals surface area contributed by atoms with Crippen molar-refractivity contribution in [2.75, 3.05) is 5.73 Å². The van der Waals surface area contributed by atoms with Gasteiger partial charge in [0.2, 0.25) is 0 Å². The Morgan fingerprint density at radius 2 is 2.06 bits per heavy atom. The number of nitrogens with zero attached hydrogens (tertiary/aromatic N) is 4. The van der Waals surface area contributed by atoms with Gasteiger partial charge in [-0.2, -0.15) is 0 Å². The van der Waals surface area contributed by atoms with E-state index in [9.17, 15) is 0 Å². The van der Waals surface area contributed by atoms with Crippen molar-refractivity contribution < 1.29 is 0 Å². The smallest absolute Gasteiger partial charge is 0.170 e. The van der Waals surface area contributed by atoms with Crippen LogP contribution in [0.1, 0.15) is 5.69 Å². The first kappa shape index (κ1) is 9.77. The minimum atomic E-state index is 0.681. The Morgan fingerprint density at radius 1 is 1.18 bits per heavy atom. The summed E-state index contributed by atoms with van der Waals surface area (Å²) in [6.07, 6.45) is 3.58. The average Bonchev–Trinajstić information content (AvgIpc) is 2.72. The summed E-state index contributed by atoms with van der Waals surface area (Å²) in [5.41, 5.74) is 9.12. The number of aromatic nitrogens is 4. The third-order valence-electron chi connectivity index (χ3n) is 2.67. The van der Waals surface area contributed by atoms with Gasteiger partial charge in [-0.1, -0.05) is 0 Å². The maximum atomic E-state index is 5.78. The molecule has 0 fully saturated rings. The summed E-state index contributed by atoms with van der Waals surface area (Å²) in [6.45, 7) is 1.95. The number of pyridine rings is 2. The Morgan fingerprint density at radius 3 is 2.88 bits per heavy atom. The predicted molar refractivity (Wildman–Crippen MR) is 65.4 cm³/mol. The molecule has 0 radical (unpaired) electrons. The molecule has 3 rings (SSSR count). The largest absolute Gasteiger partial charge is 0.398 e. The molecule has 0 saturated heterocycles. The van der Waals surface area contributed by atoms with Crippen LogP contribution in [-0.2, 0) is 0 Å². The van der Waals surface area contributed by atoms with E-state index in [2.05, 4.69) is 15.2 Å². The summed E-state index contributed by atoms with van der Waals surface area (Å²) >= 11 is 0. The molecule has 5 nitrogen and oxygen atoms in total. The van der Waals surface area contributed by atoms with Crippen LogP contribution < -0.4 is 5.73 Å². The fraction of sp³-hybridized carbons (Fsp3) is 0.0833. The van der Waals surface area contributed by atoms with Gasteiger partial charge in [0.25, 0.3) is 0 Å². The standard InChI is InChI=1S/C12H11N5/c1-8-10(3-2-6-14-8)12-16-15-11-5-4-9(13)7-17(11)12/h2-7H,13H2,1H3. The molecule has 5 heteroatoms. The summed E-state index contributed by atoms with van der Waals surface area (Å²) in [6, 6.07) is 7.51. The first-order valence-corrected chi connectivity index (χ1v) is 5.28. The van der Waals surface area contributed by atoms with Gasteiger partial charge in [0.05, 0.1) is 0 Å². The maximum absolute atomic E-state index is 5.78. The van der Waals surface area contributed by atoms with Crippen LogP contribution in [0.5, 0.6) is 0 Å². The van der Waals surface area contributed by atoms with Crippen molar-refractivity contribution in [1.29, 1.82) is 0 Å². The van der Waals surface area contributed by atoms with Gasteiger partial charge in [-0.05, 0) is 31.2 Å². The number of nitrogens with two attached hydrogens (primary N) is 1. The molecule has 3 heterocycles. The SMILES string of the molecule is Cc1ncccc1-c1nnc2ccc(N)cn12. The number of hydrogen-bond acceptors (Lipinski definition) is 4. The van der Waals surface area contributed by atoms with Crippen LogP contribution in [0.2, 0.25) is 0 Å². The third-order valence-corrected chi connectivity index (χ3v) is 2.67. The van der Waals surface area contributed by atoms with Crippen LogP contribution in [-0.4, -0.2) is 19.6 Å². The van der Waals surface area contributed by atoms with Gasteiger partial charge in [0.1, 0.15) is 0 Å². The third kappa shape index (κ3) is 1.52. The van der Waals surface area contributed by atoms with Gasteiger partial charge in [0.15, 0.2) is 11.5 Å². The number of aryl methyl sites for hydroxylation is 1. The van der Waals surface area contributed by atoms with E-state index >= 15 is 0 Å². The normalized spacial score (nSPS) is 10.9. The first-order chi connectivity index (χ1) is 8.25. The number of rotatable bonds is 1. The second-order valence-corrected chi connectivity index (χ2v) is 3.85. The van der Waals surface area contributed by atoms with Gasteiger partial charge in [-0.3, -0.25) is 9.38 Å². The maximum Gasteiger partial charge on any atom is 0.170 e. The molecule has 0 atom stereocenters. The molecule has 17 heavy (non-hydrogen) atoms. The number of nitrogen functional groups attached to an aromatic ring is 1.